The highest BCUT2D eigenvalue weighted by Gasteiger charge is 2.52. The monoisotopic (exact) mass is 392 g/mol. The zero-order valence-electron chi connectivity index (χ0n) is 16.5. The van der Waals surface area contributed by atoms with Gasteiger partial charge in [0.2, 0.25) is 0 Å². The number of hydrogen-bond donors (Lipinski definition) is 0. The molecule has 140 valence electrons. The molecule has 0 nitrogen and oxygen atoms in total. The Morgan fingerprint density at radius 1 is 0.517 bits per heavy atom. The molecule has 2 aliphatic carbocycles. The minimum atomic E-state index is -0.306. The highest BCUT2D eigenvalue weighted by Crippen LogP contribution is 2.62. The van der Waals surface area contributed by atoms with Gasteiger partial charge in [-0.05, 0) is 56.6 Å². The number of hydrogen-bond acceptors (Lipinski definition) is 0. The molecule has 0 saturated heterocycles. The third-order valence-electron chi connectivity index (χ3n) is 7.02. The summed E-state index contributed by atoms with van der Waals surface area (Å²) in [5.41, 5.74) is 10.4. The molecule has 0 fully saturated rings. The van der Waals surface area contributed by atoms with Crippen molar-refractivity contribution in [2.24, 2.45) is 0 Å². The van der Waals surface area contributed by atoms with Gasteiger partial charge >= 0.3 is 0 Å². The average Bonchev–Trinajstić information content (AvgIpc) is 3.03. The first-order valence-electron chi connectivity index (χ1n) is 10.2. The Kier molecular flexibility index (Phi) is 3.30. The summed E-state index contributed by atoms with van der Waals surface area (Å²) in [6.45, 7) is 4.70. The quantitative estimate of drug-likeness (QED) is 0.258. The number of fused-ring (bicyclic) bond motifs is 9. The van der Waals surface area contributed by atoms with E-state index < -0.39 is 0 Å². The van der Waals surface area contributed by atoms with Gasteiger partial charge < -0.3 is 0 Å². The van der Waals surface area contributed by atoms with Crippen molar-refractivity contribution in [2.75, 3.05) is 0 Å². The van der Waals surface area contributed by atoms with E-state index in [1.807, 2.05) is 6.07 Å². The molecule has 6 rings (SSSR count). The minimum absolute atomic E-state index is 0.0530. The number of rotatable bonds is 0. The zero-order chi connectivity index (χ0) is 19.8. The van der Waals surface area contributed by atoms with Crippen LogP contribution in [0.25, 0.3) is 11.1 Å². The Morgan fingerprint density at radius 2 is 1.00 bits per heavy atom. The van der Waals surface area contributed by atoms with Gasteiger partial charge in [0.05, 0.1) is 5.41 Å². The van der Waals surface area contributed by atoms with E-state index >= 15 is 0 Å². The van der Waals surface area contributed by atoms with Crippen LogP contribution in [0.5, 0.6) is 0 Å². The summed E-state index contributed by atoms with van der Waals surface area (Å²) in [6.07, 6.45) is 0. The zero-order valence-corrected chi connectivity index (χ0v) is 17.3. The molecule has 2 aliphatic rings. The lowest BCUT2D eigenvalue weighted by molar-refractivity contribution is 0.563. The molecule has 29 heavy (non-hydrogen) atoms. The maximum absolute atomic E-state index is 6.46. The van der Waals surface area contributed by atoms with Crippen molar-refractivity contribution in [3.63, 3.8) is 0 Å². The Labute approximate surface area is 176 Å². The molecule has 0 heterocycles. The van der Waals surface area contributed by atoms with Gasteiger partial charge in [-0.3, -0.25) is 0 Å². The van der Waals surface area contributed by atoms with E-state index in [2.05, 4.69) is 98.8 Å². The van der Waals surface area contributed by atoms with E-state index in [-0.39, 0.29) is 10.8 Å². The van der Waals surface area contributed by atoms with E-state index in [1.54, 1.807) is 0 Å². The largest absolute Gasteiger partial charge is 0.0843 e. The van der Waals surface area contributed by atoms with Gasteiger partial charge in [0, 0.05) is 10.4 Å². The average molecular weight is 393 g/mol. The van der Waals surface area contributed by atoms with Crippen LogP contribution >= 0.6 is 11.6 Å². The molecule has 0 amide bonds. The summed E-state index contributed by atoms with van der Waals surface area (Å²) in [4.78, 5) is 0. The highest BCUT2D eigenvalue weighted by atomic mass is 35.5. The third kappa shape index (κ3) is 1.95. The van der Waals surface area contributed by atoms with Gasteiger partial charge in [0.25, 0.3) is 0 Å². The van der Waals surface area contributed by atoms with Gasteiger partial charge in [-0.2, -0.15) is 0 Å². The Balaban J connectivity index is 1.88. The molecule has 0 N–H and O–H groups in total. The standard InChI is InChI=1S/C28H21Cl/c1-27(2)23-11-5-7-13-25(23)28(26-14-8-6-12-24(26)27)21-10-4-3-9-19(21)20-17-18(29)15-16-22(20)28/h3-17H,1-2H3. The summed E-state index contributed by atoms with van der Waals surface area (Å²) in [5.74, 6) is 0. The molecule has 0 unspecified atom stereocenters. The summed E-state index contributed by atoms with van der Waals surface area (Å²) >= 11 is 6.46. The SMILES string of the molecule is CC1(C)c2ccccc2C2(c3ccccc3-c3cc(Cl)ccc32)c2ccccc21. The topological polar surface area (TPSA) is 0 Å². The fraction of sp³-hybridized carbons (Fsp3) is 0.143. The second-order valence-electron chi connectivity index (χ2n) is 8.70. The van der Waals surface area contributed by atoms with Crippen molar-refractivity contribution >= 4 is 11.6 Å². The molecule has 0 saturated carbocycles. The van der Waals surface area contributed by atoms with Crippen LogP contribution in [0.15, 0.2) is 91.0 Å². The molecule has 0 atom stereocenters. The molecule has 0 aromatic heterocycles. The van der Waals surface area contributed by atoms with Crippen molar-refractivity contribution in [3.05, 3.63) is 129 Å². The molecule has 4 aromatic carbocycles. The fourth-order valence-corrected chi connectivity index (χ4v) is 6.01. The normalized spacial score (nSPS) is 16.7. The molecule has 1 spiro atoms. The van der Waals surface area contributed by atoms with Crippen molar-refractivity contribution in [3.8, 4) is 11.1 Å². The minimum Gasteiger partial charge on any atom is -0.0843 e. The summed E-state index contributed by atoms with van der Waals surface area (Å²) in [6, 6.07) is 33.2. The Morgan fingerprint density at radius 3 is 1.62 bits per heavy atom. The third-order valence-corrected chi connectivity index (χ3v) is 7.25. The van der Waals surface area contributed by atoms with Crippen molar-refractivity contribution < 1.29 is 0 Å². The van der Waals surface area contributed by atoms with E-state index in [0.717, 1.165) is 5.02 Å². The lowest BCUT2D eigenvalue weighted by Crippen LogP contribution is -2.40. The predicted octanol–water partition coefficient (Wildman–Crippen LogP) is 7.34. The maximum atomic E-state index is 6.46. The van der Waals surface area contributed by atoms with Crippen LogP contribution in [0.4, 0.5) is 0 Å². The van der Waals surface area contributed by atoms with E-state index in [9.17, 15) is 0 Å². The summed E-state index contributed by atoms with van der Waals surface area (Å²) in [7, 11) is 0. The Hall–Kier alpha value is -2.83. The fourth-order valence-electron chi connectivity index (χ4n) is 5.84. The number of halogens is 1. The molecule has 4 aromatic rings. The van der Waals surface area contributed by atoms with Crippen molar-refractivity contribution in [2.45, 2.75) is 24.7 Å². The van der Waals surface area contributed by atoms with Crippen LogP contribution in [0.1, 0.15) is 47.2 Å². The first-order valence-corrected chi connectivity index (χ1v) is 10.5. The van der Waals surface area contributed by atoms with Gasteiger partial charge in [-0.25, -0.2) is 0 Å². The first kappa shape index (κ1) is 17.1. The van der Waals surface area contributed by atoms with Crippen LogP contribution < -0.4 is 0 Å². The van der Waals surface area contributed by atoms with Gasteiger partial charge in [0.15, 0.2) is 0 Å². The lowest BCUT2D eigenvalue weighted by Gasteiger charge is -2.46. The van der Waals surface area contributed by atoms with Crippen LogP contribution in [0, 0.1) is 0 Å². The number of benzene rings is 4. The molecule has 0 bridgehead atoms. The van der Waals surface area contributed by atoms with Crippen LogP contribution in [0.3, 0.4) is 0 Å². The second-order valence-corrected chi connectivity index (χ2v) is 9.14. The van der Waals surface area contributed by atoms with Gasteiger partial charge in [0.1, 0.15) is 0 Å². The molecule has 0 aliphatic heterocycles. The van der Waals surface area contributed by atoms with Gasteiger partial charge in [-0.1, -0.05) is 104 Å². The van der Waals surface area contributed by atoms with Crippen LogP contribution in [0.2, 0.25) is 5.02 Å². The maximum Gasteiger partial charge on any atom is 0.0719 e. The smallest absolute Gasteiger partial charge is 0.0719 e. The van der Waals surface area contributed by atoms with Crippen molar-refractivity contribution in [1.29, 1.82) is 0 Å². The molecular weight excluding hydrogens is 372 g/mol. The van der Waals surface area contributed by atoms with Crippen LogP contribution in [-0.2, 0) is 10.8 Å². The van der Waals surface area contributed by atoms with E-state index in [4.69, 9.17) is 11.6 Å². The molecule has 1 heteroatoms. The second kappa shape index (κ2) is 5.62. The van der Waals surface area contributed by atoms with E-state index in [1.165, 1.54) is 44.5 Å². The Bertz CT molecular complexity index is 1250. The van der Waals surface area contributed by atoms with Crippen molar-refractivity contribution in [1.82, 2.24) is 0 Å². The predicted molar refractivity (Wildman–Crippen MR) is 121 cm³/mol. The highest BCUT2D eigenvalue weighted by molar-refractivity contribution is 6.31. The molecule has 0 radical (unpaired) electrons. The van der Waals surface area contributed by atoms with Crippen LogP contribution in [-0.4, -0.2) is 0 Å². The van der Waals surface area contributed by atoms with Gasteiger partial charge in [-0.15, -0.1) is 0 Å². The lowest BCUT2D eigenvalue weighted by atomic mass is 9.55. The molecular formula is C28H21Cl. The first-order chi connectivity index (χ1) is 14.1. The van der Waals surface area contributed by atoms with E-state index in [0.29, 0.717) is 0 Å². The summed E-state index contributed by atoms with van der Waals surface area (Å²) < 4.78 is 0. The summed E-state index contributed by atoms with van der Waals surface area (Å²) in [5, 5.41) is 0.785.